The third-order valence-electron chi connectivity index (χ3n) is 1.14. The van der Waals surface area contributed by atoms with Gasteiger partial charge in [0.1, 0.15) is 0 Å². The molecule has 0 rings (SSSR count). The van der Waals surface area contributed by atoms with E-state index < -0.39 is 19.6 Å². The molecule has 76 valence electrons. The topological polar surface area (TPSA) is 109 Å². The molecule has 0 aromatic rings. The van der Waals surface area contributed by atoms with Crippen LogP contribution in [0.2, 0.25) is 0 Å². The van der Waals surface area contributed by atoms with Crippen molar-refractivity contribution in [1.82, 2.24) is 0 Å². The van der Waals surface area contributed by atoms with E-state index in [0.29, 0.717) is 6.08 Å². The quantitative estimate of drug-likeness (QED) is 0.529. The summed E-state index contributed by atoms with van der Waals surface area (Å²) in [6.45, 7) is 0. The highest BCUT2D eigenvalue weighted by Gasteiger charge is 2.07. The molecular weight excluding hydrogens is 211 g/mol. The van der Waals surface area contributed by atoms with Gasteiger partial charge >= 0.3 is 19.6 Å². The van der Waals surface area contributed by atoms with E-state index in [0.717, 1.165) is 11.9 Å². The standard InChI is InChI=1S/C7H7O6P/c8-6(9)4-5(7(10)11)2-1-3-14(12)13/h1,3-4H,2H2,(H,8,9)(H,10,11). The van der Waals surface area contributed by atoms with E-state index in [1.807, 2.05) is 0 Å². The minimum Gasteiger partial charge on any atom is -0.478 e. The lowest BCUT2D eigenvalue weighted by molar-refractivity contribution is -0.135. The van der Waals surface area contributed by atoms with Gasteiger partial charge < -0.3 is 10.2 Å². The first-order valence-corrected chi connectivity index (χ1v) is 4.65. The van der Waals surface area contributed by atoms with E-state index in [9.17, 15) is 18.7 Å². The second kappa shape index (κ2) is 5.88. The van der Waals surface area contributed by atoms with Gasteiger partial charge in [0.25, 0.3) is 0 Å². The lowest BCUT2D eigenvalue weighted by atomic mass is 10.2. The predicted molar refractivity (Wildman–Crippen MR) is 45.4 cm³/mol. The minimum atomic E-state index is -2.72. The molecular formula is C7H7O6P. The van der Waals surface area contributed by atoms with E-state index in [-0.39, 0.29) is 12.0 Å². The van der Waals surface area contributed by atoms with Gasteiger partial charge in [0.05, 0.1) is 0 Å². The molecule has 0 spiro atoms. The maximum absolute atomic E-state index is 10.4. The first kappa shape index (κ1) is 12.3. The van der Waals surface area contributed by atoms with Crippen molar-refractivity contribution in [1.29, 1.82) is 0 Å². The largest absolute Gasteiger partial charge is 0.478 e. The van der Waals surface area contributed by atoms with Crippen LogP contribution in [0.4, 0.5) is 0 Å². The Labute approximate surface area is 79.4 Å². The van der Waals surface area contributed by atoms with Crippen LogP contribution >= 0.6 is 7.68 Å². The maximum Gasteiger partial charge on any atom is 0.341 e. The van der Waals surface area contributed by atoms with Crippen molar-refractivity contribution in [2.75, 3.05) is 0 Å². The Balaban J connectivity index is 4.56. The molecule has 6 nitrogen and oxygen atoms in total. The molecule has 0 aliphatic heterocycles. The molecule has 0 aliphatic carbocycles. The third-order valence-corrected chi connectivity index (χ3v) is 1.59. The normalized spacial score (nSPS) is 11.6. The monoisotopic (exact) mass is 218 g/mol. The molecule has 0 fully saturated rings. The summed E-state index contributed by atoms with van der Waals surface area (Å²) >= 11 is 0. The van der Waals surface area contributed by atoms with Crippen LogP contribution in [0, 0.1) is 0 Å². The first-order chi connectivity index (χ1) is 6.43. The minimum absolute atomic E-state index is 0.245. The molecule has 7 heteroatoms. The molecule has 0 saturated carbocycles. The van der Waals surface area contributed by atoms with Gasteiger partial charge in [0, 0.05) is 17.5 Å². The van der Waals surface area contributed by atoms with Gasteiger partial charge in [0.2, 0.25) is 0 Å². The van der Waals surface area contributed by atoms with E-state index in [2.05, 4.69) is 0 Å². The molecule has 0 unspecified atom stereocenters. The maximum atomic E-state index is 10.4. The average molecular weight is 218 g/mol. The second-order valence-corrected chi connectivity index (χ2v) is 3.06. The van der Waals surface area contributed by atoms with Gasteiger partial charge in [-0.2, -0.15) is 0 Å². The van der Waals surface area contributed by atoms with Crippen molar-refractivity contribution < 1.29 is 28.9 Å². The summed E-state index contributed by atoms with van der Waals surface area (Å²) in [7, 11) is -2.72. The summed E-state index contributed by atoms with van der Waals surface area (Å²) in [5.74, 6) is -1.99. The van der Waals surface area contributed by atoms with Gasteiger partial charge in [-0.05, 0) is 6.42 Å². The molecule has 0 aromatic carbocycles. The second-order valence-electron chi connectivity index (χ2n) is 2.19. The zero-order valence-electron chi connectivity index (χ0n) is 6.91. The number of aliphatic carboxylic acids is 2. The number of carboxylic acids is 2. The van der Waals surface area contributed by atoms with Crippen molar-refractivity contribution in [2.24, 2.45) is 0 Å². The van der Waals surface area contributed by atoms with Crippen LogP contribution < -0.4 is 0 Å². The van der Waals surface area contributed by atoms with Crippen molar-refractivity contribution in [3.05, 3.63) is 23.5 Å². The highest BCUT2D eigenvalue weighted by molar-refractivity contribution is 7.34. The zero-order chi connectivity index (χ0) is 11.1. The number of rotatable bonds is 5. The van der Waals surface area contributed by atoms with Gasteiger partial charge in [0.15, 0.2) is 0 Å². The fraction of sp³-hybridized carbons (Fsp3) is 0.143. The summed E-state index contributed by atoms with van der Waals surface area (Å²) in [5, 5.41) is 16.7. The van der Waals surface area contributed by atoms with Crippen molar-refractivity contribution in [3.63, 3.8) is 0 Å². The highest BCUT2D eigenvalue weighted by atomic mass is 31.1. The predicted octanol–water partition coefficient (Wildman–Crippen LogP) is 1.16. The van der Waals surface area contributed by atoms with Crippen LogP contribution in [-0.2, 0) is 18.7 Å². The van der Waals surface area contributed by atoms with Crippen LogP contribution in [0.3, 0.4) is 0 Å². The van der Waals surface area contributed by atoms with E-state index in [4.69, 9.17) is 10.2 Å². The Morgan fingerprint density at radius 1 is 1.21 bits per heavy atom. The molecule has 14 heavy (non-hydrogen) atoms. The summed E-state index contributed by atoms with van der Waals surface area (Å²) in [6, 6.07) is 0. The van der Waals surface area contributed by atoms with Gasteiger partial charge in [-0.15, -0.1) is 0 Å². The molecule has 0 heterocycles. The van der Waals surface area contributed by atoms with Crippen LogP contribution in [-0.4, -0.2) is 22.2 Å². The van der Waals surface area contributed by atoms with Gasteiger partial charge in [-0.1, -0.05) is 6.08 Å². The van der Waals surface area contributed by atoms with Crippen molar-refractivity contribution in [3.8, 4) is 0 Å². The Morgan fingerprint density at radius 3 is 2.14 bits per heavy atom. The zero-order valence-corrected chi connectivity index (χ0v) is 7.81. The fourth-order valence-corrected chi connectivity index (χ4v) is 0.900. The number of hydrogen-bond acceptors (Lipinski definition) is 4. The average Bonchev–Trinajstić information content (AvgIpc) is 2.00. The number of carboxylic acid groups (broad SMARTS) is 2. The molecule has 0 aromatic heterocycles. The van der Waals surface area contributed by atoms with E-state index >= 15 is 0 Å². The van der Waals surface area contributed by atoms with E-state index in [1.165, 1.54) is 0 Å². The van der Waals surface area contributed by atoms with Crippen molar-refractivity contribution >= 4 is 19.6 Å². The van der Waals surface area contributed by atoms with Crippen LogP contribution in [0.25, 0.3) is 0 Å². The molecule has 0 radical (unpaired) electrons. The Kier molecular flexibility index (Phi) is 5.17. The summed E-state index contributed by atoms with van der Waals surface area (Å²) in [4.78, 5) is 20.5. The molecule has 0 bridgehead atoms. The van der Waals surface area contributed by atoms with E-state index in [1.54, 1.807) is 0 Å². The number of allylic oxidation sites excluding steroid dienone is 1. The van der Waals surface area contributed by atoms with Crippen LogP contribution in [0.5, 0.6) is 0 Å². The first-order valence-electron chi connectivity index (χ1n) is 3.40. The Morgan fingerprint density at radius 2 is 1.79 bits per heavy atom. The lowest BCUT2D eigenvalue weighted by Crippen LogP contribution is -2.02. The Bertz CT molecular complexity index is 354. The summed E-state index contributed by atoms with van der Waals surface area (Å²) in [6.07, 6.45) is 1.34. The number of hydrogen-bond donors (Lipinski definition) is 2. The van der Waals surface area contributed by atoms with Crippen LogP contribution in [0.15, 0.2) is 23.5 Å². The SMILES string of the molecule is O=C(O)C=C(CC=CP(=O)=O)C(=O)O. The summed E-state index contributed by atoms with van der Waals surface area (Å²) in [5.41, 5.74) is -0.384. The lowest BCUT2D eigenvalue weighted by Gasteiger charge is -1.94. The molecule has 0 atom stereocenters. The fourth-order valence-electron chi connectivity index (χ4n) is 0.623. The van der Waals surface area contributed by atoms with Crippen LogP contribution in [0.1, 0.15) is 6.42 Å². The highest BCUT2D eigenvalue weighted by Crippen LogP contribution is 2.09. The Hall–Kier alpha value is -1.68. The van der Waals surface area contributed by atoms with Gasteiger partial charge in [-0.3, -0.25) is 0 Å². The van der Waals surface area contributed by atoms with Gasteiger partial charge in [-0.25, -0.2) is 18.7 Å². The molecule has 0 amide bonds. The number of carbonyl (C=O) groups is 2. The molecule has 0 saturated heterocycles. The summed E-state index contributed by atoms with van der Waals surface area (Å²) < 4.78 is 20.1. The van der Waals surface area contributed by atoms with Crippen molar-refractivity contribution in [2.45, 2.75) is 6.42 Å². The molecule has 2 N–H and O–H groups in total. The smallest absolute Gasteiger partial charge is 0.341 e. The third kappa shape index (κ3) is 5.91. The molecule has 0 aliphatic rings.